The number of anilines is 1. The largest absolute Gasteiger partial charge is 0.497 e. The molecule has 6 heteroatoms. The molecular weight excluding hydrogens is 239 g/mol. The molecule has 5 nitrogen and oxygen atoms in total. The van der Waals surface area contributed by atoms with Gasteiger partial charge in [-0.2, -0.15) is 0 Å². The minimum atomic E-state index is -0.740. The summed E-state index contributed by atoms with van der Waals surface area (Å²) in [6.07, 6.45) is 0.369. The molecular formula is C12H17FN2O3. The Hall–Kier alpha value is -1.66. The van der Waals surface area contributed by atoms with Crippen LogP contribution >= 0.6 is 0 Å². The number of amides is 1. The van der Waals surface area contributed by atoms with Crippen LogP contribution in [0.15, 0.2) is 18.2 Å². The predicted molar refractivity (Wildman–Crippen MR) is 66.1 cm³/mol. The average Bonchev–Trinajstić information content (AvgIpc) is 2.38. The summed E-state index contributed by atoms with van der Waals surface area (Å²) in [6, 6.07) is 3.34. The van der Waals surface area contributed by atoms with Gasteiger partial charge in [-0.1, -0.05) is 0 Å². The molecule has 0 aliphatic heterocycles. The first kappa shape index (κ1) is 14.4. The Morgan fingerprint density at radius 1 is 1.50 bits per heavy atom. The molecule has 1 aromatic rings. The summed E-state index contributed by atoms with van der Waals surface area (Å²) in [5.41, 5.74) is 5.67. The molecule has 0 radical (unpaired) electrons. The van der Waals surface area contributed by atoms with Crippen LogP contribution in [0.1, 0.15) is 6.42 Å². The van der Waals surface area contributed by atoms with Gasteiger partial charge in [0.2, 0.25) is 5.91 Å². The average molecular weight is 256 g/mol. The second kappa shape index (κ2) is 6.93. The number of hydrogen-bond acceptors (Lipinski definition) is 4. The fourth-order valence-corrected chi connectivity index (χ4v) is 1.33. The van der Waals surface area contributed by atoms with Crippen molar-refractivity contribution in [1.82, 2.24) is 0 Å². The van der Waals surface area contributed by atoms with Crippen molar-refractivity contribution in [3.05, 3.63) is 24.0 Å². The molecule has 0 spiro atoms. The van der Waals surface area contributed by atoms with E-state index in [1.807, 2.05) is 0 Å². The normalized spacial score (nSPS) is 12.0. The molecule has 0 bridgehead atoms. The number of halogens is 1. The third-order valence-corrected chi connectivity index (χ3v) is 2.40. The maximum atomic E-state index is 13.4. The number of methoxy groups -OCH3 is 2. The fraction of sp³-hybridized carbons (Fsp3) is 0.417. The highest BCUT2D eigenvalue weighted by Crippen LogP contribution is 2.21. The van der Waals surface area contributed by atoms with E-state index in [-0.39, 0.29) is 5.69 Å². The number of benzene rings is 1. The van der Waals surface area contributed by atoms with Crippen LogP contribution < -0.4 is 15.8 Å². The van der Waals surface area contributed by atoms with Crippen LogP contribution in [0.2, 0.25) is 0 Å². The van der Waals surface area contributed by atoms with Crippen molar-refractivity contribution in [2.45, 2.75) is 12.5 Å². The Morgan fingerprint density at radius 2 is 2.22 bits per heavy atom. The minimum Gasteiger partial charge on any atom is -0.497 e. The van der Waals surface area contributed by atoms with E-state index in [4.69, 9.17) is 15.2 Å². The van der Waals surface area contributed by atoms with E-state index in [1.54, 1.807) is 0 Å². The van der Waals surface area contributed by atoms with E-state index in [9.17, 15) is 9.18 Å². The zero-order valence-corrected chi connectivity index (χ0v) is 10.4. The van der Waals surface area contributed by atoms with Crippen molar-refractivity contribution in [3.63, 3.8) is 0 Å². The molecule has 1 amide bonds. The molecule has 0 heterocycles. The first-order valence-corrected chi connectivity index (χ1v) is 5.47. The van der Waals surface area contributed by atoms with Crippen LogP contribution in [-0.4, -0.2) is 32.8 Å². The summed E-state index contributed by atoms with van der Waals surface area (Å²) < 4.78 is 23.2. The number of carbonyl (C=O) groups is 1. The van der Waals surface area contributed by atoms with Gasteiger partial charge in [0.15, 0.2) is 0 Å². The maximum Gasteiger partial charge on any atom is 0.241 e. The van der Waals surface area contributed by atoms with Crippen molar-refractivity contribution in [1.29, 1.82) is 0 Å². The minimum absolute atomic E-state index is 0.0483. The van der Waals surface area contributed by atoms with Gasteiger partial charge in [0, 0.05) is 19.8 Å². The number of carbonyl (C=O) groups excluding carboxylic acids is 1. The number of nitrogens with one attached hydrogen (secondary N) is 1. The molecule has 100 valence electrons. The van der Waals surface area contributed by atoms with Crippen molar-refractivity contribution >= 4 is 11.6 Å². The standard InChI is InChI=1S/C12H17FN2O3/c1-17-6-5-10(14)12(16)15-11-7-8(18-2)3-4-9(11)13/h3-4,7,10H,5-6,14H2,1-2H3,(H,15,16). The Labute approximate surface area is 105 Å². The summed E-state index contributed by atoms with van der Waals surface area (Å²) in [4.78, 5) is 11.7. The predicted octanol–water partition coefficient (Wildman–Crippen LogP) is 1.14. The number of nitrogens with two attached hydrogens (primary N) is 1. The van der Waals surface area contributed by atoms with E-state index < -0.39 is 17.8 Å². The summed E-state index contributed by atoms with van der Waals surface area (Å²) in [6.45, 7) is 0.370. The number of hydrogen-bond donors (Lipinski definition) is 2. The zero-order valence-electron chi connectivity index (χ0n) is 10.4. The molecule has 18 heavy (non-hydrogen) atoms. The van der Waals surface area contributed by atoms with Crippen LogP contribution in [0.25, 0.3) is 0 Å². The molecule has 0 aliphatic carbocycles. The van der Waals surface area contributed by atoms with Crippen LogP contribution in [0.3, 0.4) is 0 Å². The third kappa shape index (κ3) is 3.97. The zero-order chi connectivity index (χ0) is 13.5. The smallest absolute Gasteiger partial charge is 0.241 e. The Balaban J connectivity index is 2.68. The van der Waals surface area contributed by atoms with Crippen LogP contribution in [0.5, 0.6) is 5.75 Å². The lowest BCUT2D eigenvalue weighted by Gasteiger charge is -2.13. The lowest BCUT2D eigenvalue weighted by atomic mass is 10.2. The Kier molecular flexibility index (Phi) is 5.54. The summed E-state index contributed by atoms with van der Waals surface area (Å²) in [5.74, 6) is -0.542. The van der Waals surface area contributed by atoms with Crippen molar-refractivity contribution in [2.75, 3.05) is 26.1 Å². The first-order valence-electron chi connectivity index (χ1n) is 5.47. The Bertz CT molecular complexity index is 412. The molecule has 1 atom stereocenters. The van der Waals surface area contributed by atoms with E-state index >= 15 is 0 Å². The molecule has 1 unspecified atom stereocenters. The van der Waals surface area contributed by atoms with E-state index in [1.165, 1.54) is 32.4 Å². The third-order valence-electron chi connectivity index (χ3n) is 2.40. The van der Waals surface area contributed by atoms with E-state index in [2.05, 4.69) is 5.32 Å². The van der Waals surface area contributed by atoms with Gasteiger partial charge in [-0.25, -0.2) is 4.39 Å². The topological polar surface area (TPSA) is 73.6 Å². The van der Waals surface area contributed by atoms with Crippen LogP contribution in [0, 0.1) is 5.82 Å². The number of rotatable bonds is 6. The van der Waals surface area contributed by atoms with E-state index in [0.29, 0.717) is 18.8 Å². The fourth-order valence-electron chi connectivity index (χ4n) is 1.33. The van der Waals surface area contributed by atoms with Crippen molar-refractivity contribution < 1.29 is 18.7 Å². The highest BCUT2D eigenvalue weighted by molar-refractivity contribution is 5.94. The van der Waals surface area contributed by atoms with Gasteiger partial charge >= 0.3 is 0 Å². The van der Waals surface area contributed by atoms with Crippen LogP contribution in [-0.2, 0) is 9.53 Å². The Morgan fingerprint density at radius 3 is 2.83 bits per heavy atom. The molecule has 0 aromatic heterocycles. The second-order valence-electron chi connectivity index (χ2n) is 3.72. The van der Waals surface area contributed by atoms with Gasteiger partial charge in [0.05, 0.1) is 18.8 Å². The molecule has 0 aliphatic rings. The maximum absolute atomic E-state index is 13.4. The van der Waals surface area contributed by atoms with Gasteiger partial charge < -0.3 is 20.5 Å². The highest BCUT2D eigenvalue weighted by atomic mass is 19.1. The molecule has 0 fully saturated rings. The van der Waals surface area contributed by atoms with Gasteiger partial charge in [0.1, 0.15) is 11.6 Å². The van der Waals surface area contributed by atoms with E-state index in [0.717, 1.165) is 0 Å². The molecule has 1 rings (SSSR count). The second-order valence-corrected chi connectivity index (χ2v) is 3.72. The van der Waals surface area contributed by atoms with Crippen LogP contribution in [0.4, 0.5) is 10.1 Å². The van der Waals surface area contributed by atoms with Gasteiger partial charge in [-0.3, -0.25) is 4.79 Å². The first-order chi connectivity index (χ1) is 8.58. The molecule has 1 aromatic carbocycles. The summed E-state index contributed by atoms with van der Waals surface area (Å²) in [5, 5.41) is 2.42. The molecule has 3 N–H and O–H groups in total. The van der Waals surface area contributed by atoms with Crippen molar-refractivity contribution in [3.8, 4) is 5.75 Å². The summed E-state index contributed by atoms with van der Waals surface area (Å²) in [7, 11) is 2.98. The van der Waals surface area contributed by atoms with Crippen molar-refractivity contribution in [2.24, 2.45) is 5.73 Å². The highest BCUT2D eigenvalue weighted by Gasteiger charge is 2.15. The van der Waals surface area contributed by atoms with Gasteiger partial charge in [-0.15, -0.1) is 0 Å². The molecule has 0 saturated heterocycles. The van der Waals surface area contributed by atoms with Gasteiger partial charge in [-0.05, 0) is 18.6 Å². The van der Waals surface area contributed by atoms with Gasteiger partial charge in [0.25, 0.3) is 0 Å². The lowest BCUT2D eigenvalue weighted by Crippen LogP contribution is -2.36. The number of ether oxygens (including phenoxy) is 2. The molecule has 0 saturated carbocycles. The monoisotopic (exact) mass is 256 g/mol. The summed E-state index contributed by atoms with van der Waals surface area (Å²) >= 11 is 0. The SMILES string of the molecule is COCCC(N)C(=O)Nc1cc(OC)ccc1F. The lowest BCUT2D eigenvalue weighted by molar-refractivity contribution is -0.117. The quantitative estimate of drug-likeness (QED) is 0.800.